The molecule has 15 rings (SSSR count). The molecule has 0 bridgehead atoms. The van der Waals surface area contributed by atoms with Gasteiger partial charge in [0.25, 0.3) is 6.71 Å². The van der Waals surface area contributed by atoms with Crippen LogP contribution in [0.3, 0.4) is 0 Å². The minimum atomic E-state index is -0.351. The molecule has 9 aromatic rings. The number of aryl methyl sites for hydroxylation is 1. The van der Waals surface area contributed by atoms with Crippen LogP contribution in [-0.4, -0.2) is 12.3 Å². The number of hydrogen-bond donors (Lipinski definition) is 0. The van der Waals surface area contributed by atoms with Gasteiger partial charge in [-0.25, -0.2) is 0 Å². The van der Waals surface area contributed by atoms with E-state index >= 15 is 0 Å². The molecule has 3 nitrogen and oxygen atoms in total. The van der Waals surface area contributed by atoms with Crippen LogP contribution in [0.4, 0.5) is 39.8 Å². The lowest BCUT2D eigenvalue weighted by molar-refractivity contribution is 0.215. The van der Waals surface area contributed by atoms with Crippen molar-refractivity contribution in [1.29, 1.82) is 0 Å². The summed E-state index contributed by atoms with van der Waals surface area (Å²) in [6.45, 7) is 7.76. The van der Waals surface area contributed by atoms with Crippen molar-refractivity contribution in [3.63, 3.8) is 0 Å². The zero-order chi connectivity index (χ0) is 47.3. The third-order valence-corrected chi connectivity index (χ3v) is 19.0. The SMILES string of the molecule is CC12CCc3ccccc3C1(C)N(c1cc3c4c(c1)N1c5c(cccc5C5(c6ccccc6)CCCCC15C)B4c1cc(-c4ccccc4)ccc1N3c1ccc(-c3ccccc3)cc1)c1ccccc12. The summed E-state index contributed by atoms with van der Waals surface area (Å²) in [4.78, 5) is 8.35. The van der Waals surface area contributed by atoms with Gasteiger partial charge in [-0.3, -0.25) is 0 Å². The number of para-hydroxylation sites is 2. The normalized spacial score (nSPS) is 23.8. The van der Waals surface area contributed by atoms with Crippen molar-refractivity contribution >= 4 is 62.9 Å². The summed E-state index contributed by atoms with van der Waals surface area (Å²) >= 11 is 0. The summed E-state index contributed by atoms with van der Waals surface area (Å²) in [5.41, 5.74) is 24.6. The topological polar surface area (TPSA) is 9.72 Å². The van der Waals surface area contributed by atoms with Gasteiger partial charge in [0.2, 0.25) is 0 Å². The summed E-state index contributed by atoms with van der Waals surface area (Å²) in [6, 6.07) is 81.5. The van der Waals surface area contributed by atoms with Crippen LogP contribution in [0.2, 0.25) is 0 Å². The molecular formula is C67H56BN3. The van der Waals surface area contributed by atoms with E-state index in [4.69, 9.17) is 0 Å². The summed E-state index contributed by atoms with van der Waals surface area (Å²) in [5, 5.41) is 0. The molecule has 0 radical (unpaired) electrons. The first-order valence-corrected chi connectivity index (χ1v) is 26.1. The number of fused-ring (bicyclic) bond motifs is 12. The van der Waals surface area contributed by atoms with E-state index in [0.717, 1.165) is 25.7 Å². The molecule has 4 unspecified atom stereocenters. The molecule has 9 aromatic carbocycles. The monoisotopic (exact) mass is 913 g/mol. The lowest BCUT2D eigenvalue weighted by Crippen LogP contribution is -2.65. The summed E-state index contributed by atoms with van der Waals surface area (Å²) in [6.07, 6.45) is 6.80. The van der Waals surface area contributed by atoms with Gasteiger partial charge in [-0.1, -0.05) is 196 Å². The van der Waals surface area contributed by atoms with E-state index in [1.54, 1.807) is 0 Å². The molecule has 0 spiro atoms. The van der Waals surface area contributed by atoms with E-state index in [-0.39, 0.29) is 28.6 Å². The second-order valence-electron chi connectivity index (χ2n) is 22.0. The highest BCUT2D eigenvalue weighted by Crippen LogP contribution is 2.67. The Morgan fingerprint density at radius 1 is 0.423 bits per heavy atom. The molecule has 0 amide bonds. The number of benzene rings is 9. The lowest BCUT2D eigenvalue weighted by Gasteiger charge is -2.55. The second-order valence-corrected chi connectivity index (χ2v) is 22.0. The quantitative estimate of drug-likeness (QED) is 0.159. The van der Waals surface area contributed by atoms with E-state index in [1.165, 1.54) is 119 Å². The van der Waals surface area contributed by atoms with E-state index in [2.05, 4.69) is 248 Å². The van der Waals surface area contributed by atoms with Crippen molar-refractivity contribution in [3.8, 4) is 22.3 Å². The predicted octanol–water partition coefficient (Wildman–Crippen LogP) is 14.7. The molecule has 342 valence electrons. The Labute approximate surface area is 419 Å². The van der Waals surface area contributed by atoms with E-state index in [0.29, 0.717) is 0 Å². The Morgan fingerprint density at radius 2 is 1.04 bits per heavy atom. The average Bonchev–Trinajstić information content (AvgIpc) is 3.84. The first-order valence-electron chi connectivity index (χ1n) is 26.1. The maximum atomic E-state index is 2.92. The number of hydrogen-bond acceptors (Lipinski definition) is 3. The van der Waals surface area contributed by atoms with Crippen molar-refractivity contribution < 1.29 is 0 Å². The molecule has 71 heavy (non-hydrogen) atoms. The van der Waals surface area contributed by atoms with Crippen LogP contribution in [0.25, 0.3) is 22.3 Å². The van der Waals surface area contributed by atoms with Gasteiger partial charge in [-0.2, -0.15) is 0 Å². The van der Waals surface area contributed by atoms with E-state index in [9.17, 15) is 0 Å². The van der Waals surface area contributed by atoms with Gasteiger partial charge < -0.3 is 14.7 Å². The van der Waals surface area contributed by atoms with Crippen LogP contribution in [0.15, 0.2) is 212 Å². The second kappa shape index (κ2) is 14.7. The fraction of sp³-hybridized carbons (Fsp3) is 0.194. The van der Waals surface area contributed by atoms with Crippen molar-refractivity contribution in [2.45, 2.75) is 81.2 Å². The molecule has 4 heteroatoms. The molecule has 6 aliphatic rings. The zero-order valence-corrected chi connectivity index (χ0v) is 40.9. The Balaban J connectivity index is 1.07. The van der Waals surface area contributed by atoms with E-state index in [1.807, 2.05) is 0 Å². The summed E-state index contributed by atoms with van der Waals surface area (Å²) < 4.78 is 0. The third-order valence-electron chi connectivity index (χ3n) is 19.0. The van der Waals surface area contributed by atoms with Gasteiger partial charge in [-0.15, -0.1) is 0 Å². The Bertz CT molecular complexity index is 3630. The van der Waals surface area contributed by atoms with Crippen molar-refractivity contribution in [1.82, 2.24) is 0 Å². The maximum Gasteiger partial charge on any atom is 0.252 e. The van der Waals surface area contributed by atoms with Crippen molar-refractivity contribution in [2.24, 2.45) is 0 Å². The lowest BCUT2D eigenvalue weighted by atomic mass is 9.33. The number of anilines is 7. The van der Waals surface area contributed by atoms with Gasteiger partial charge in [-0.05, 0) is 142 Å². The third kappa shape index (κ3) is 5.25. The van der Waals surface area contributed by atoms with Gasteiger partial charge in [0.1, 0.15) is 0 Å². The largest absolute Gasteiger partial charge is 0.335 e. The van der Waals surface area contributed by atoms with Crippen LogP contribution in [0.5, 0.6) is 0 Å². The predicted molar refractivity (Wildman–Crippen MR) is 297 cm³/mol. The fourth-order valence-electron chi connectivity index (χ4n) is 15.6. The molecule has 2 aliphatic carbocycles. The molecular weight excluding hydrogens is 858 g/mol. The van der Waals surface area contributed by atoms with Crippen molar-refractivity contribution in [3.05, 3.63) is 240 Å². The highest BCUT2D eigenvalue weighted by Gasteiger charge is 2.65. The molecule has 0 saturated heterocycles. The average molecular weight is 914 g/mol. The van der Waals surface area contributed by atoms with Gasteiger partial charge in [0, 0.05) is 50.6 Å². The van der Waals surface area contributed by atoms with Crippen LogP contribution in [0, 0.1) is 0 Å². The smallest absolute Gasteiger partial charge is 0.252 e. The first-order chi connectivity index (χ1) is 34.8. The molecule has 4 aliphatic heterocycles. The summed E-state index contributed by atoms with van der Waals surface area (Å²) in [7, 11) is 0. The molecule has 0 N–H and O–H groups in total. The maximum absolute atomic E-state index is 2.92. The number of nitrogens with zero attached hydrogens (tertiary/aromatic N) is 3. The minimum Gasteiger partial charge on any atom is -0.335 e. The number of rotatable bonds is 5. The highest BCUT2D eigenvalue weighted by atomic mass is 15.3. The summed E-state index contributed by atoms with van der Waals surface area (Å²) in [5.74, 6) is 0. The molecule has 1 fully saturated rings. The molecule has 4 heterocycles. The first kappa shape index (κ1) is 41.2. The Hall–Kier alpha value is -7.56. The Kier molecular flexibility index (Phi) is 8.57. The van der Waals surface area contributed by atoms with Crippen molar-refractivity contribution in [2.75, 3.05) is 14.7 Å². The van der Waals surface area contributed by atoms with Crippen LogP contribution < -0.4 is 31.1 Å². The van der Waals surface area contributed by atoms with Gasteiger partial charge in [0.05, 0.1) is 11.1 Å². The van der Waals surface area contributed by atoms with Gasteiger partial charge in [0.15, 0.2) is 0 Å². The zero-order valence-electron chi connectivity index (χ0n) is 40.9. The fourth-order valence-corrected chi connectivity index (χ4v) is 15.6. The standard InChI is InChI=1S/C67H56BN3/c1-64-41-38-48-24-13-14-27-53(48)66(64,3)70(58-31-16-15-28-54(58)64)52-43-60-62-61(44-52)71-63-55(67(50-25-11-6-12-26-50)40-18-17-39-65(67,71)2)29-19-30-56(63)68(62)57-42-49(46-22-9-5-10-23-46)34-37-59(57)69(60)51-35-32-47(33-36-51)45-20-7-4-8-21-45/h4-16,19-37,42-44H,17-18,38-41H2,1-3H3. The van der Waals surface area contributed by atoms with Gasteiger partial charge >= 0.3 is 0 Å². The highest BCUT2D eigenvalue weighted by molar-refractivity contribution is 7.00. The molecule has 4 atom stereocenters. The van der Waals surface area contributed by atoms with Crippen LogP contribution in [-0.2, 0) is 22.8 Å². The van der Waals surface area contributed by atoms with E-state index < -0.39 is 0 Å². The van der Waals surface area contributed by atoms with Crippen LogP contribution >= 0.6 is 0 Å². The molecule has 1 saturated carbocycles. The van der Waals surface area contributed by atoms with Crippen LogP contribution in [0.1, 0.15) is 80.7 Å². The molecule has 0 aromatic heterocycles. The Morgan fingerprint density at radius 3 is 1.82 bits per heavy atom. The minimum absolute atomic E-state index is 0.0115.